The van der Waals surface area contributed by atoms with Crippen LogP contribution in [0.3, 0.4) is 0 Å². The van der Waals surface area contributed by atoms with Crippen LogP contribution in [0.5, 0.6) is 0 Å². The van der Waals surface area contributed by atoms with Gasteiger partial charge in [-0.1, -0.05) is 0 Å². The maximum absolute atomic E-state index is 3.83. The van der Waals surface area contributed by atoms with Crippen molar-refractivity contribution in [3.8, 4) is 0 Å². The van der Waals surface area contributed by atoms with Crippen LogP contribution in [0, 0.1) is 32.9 Å². The predicted octanol–water partition coefficient (Wildman–Crippen LogP) is 3.73. The first-order valence-electron chi connectivity index (χ1n) is 6.18. The molecule has 2 heteroatoms. The average Bonchev–Trinajstić information content (AvgIpc) is 2.49. The Balaban J connectivity index is 0.000000359. The summed E-state index contributed by atoms with van der Waals surface area (Å²) in [6.45, 7) is 9.66. The maximum Gasteiger partial charge on any atom is 0 e. The van der Waals surface area contributed by atoms with E-state index in [2.05, 4.69) is 62.9 Å². The molecule has 0 aliphatic rings. The van der Waals surface area contributed by atoms with E-state index in [1.165, 1.54) is 16.7 Å². The first kappa shape index (κ1) is 20.0. The summed E-state index contributed by atoms with van der Waals surface area (Å²) in [5.41, 5.74) is 4.69. The van der Waals surface area contributed by atoms with Crippen LogP contribution in [-0.4, -0.2) is 4.61 Å². The Kier molecular flexibility index (Phi) is 11.7. The van der Waals surface area contributed by atoms with Gasteiger partial charge in [0.15, 0.2) is 0 Å². The zero-order chi connectivity index (χ0) is 14.1. The van der Waals surface area contributed by atoms with Crippen molar-refractivity contribution < 1.29 is 50.6 Å². The van der Waals surface area contributed by atoms with Crippen LogP contribution < -0.4 is 0 Å². The van der Waals surface area contributed by atoms with Crippen LogP contribution in [-0.2, 0) is 63.4 Å². The van der Waals surface area contributed by atoms with Gasteiger partial charge in [-0.15, -0.1) is 6.92 Å². The van der Waals surface area contributed by atoms with E-state index in [1.54, 1.807) is 0 Å². The number of aryl methyl sites for hydroxylation is 1. The normalized spacial score (nSPS) is 9.00. The molecule has 0 heterocycles. The molecule has 20 heavy (non-hydrogen) atoms. The van der Waals surface area contributed by atoms with Gasteiger partial charge in [0.2, 0.25) is 0 Å². The summed E-state index contributed by atoms with van der Waals surface area (Å²) in [7, 11) is 0. The summed E-state index contributed by atoms with van der Waals surface area (Å²) in [6, 6.07) is 18.5. The van der Waals surface area contributed by atoms with Crippen molar-refractivity contribution in [1.82, 2.24) is 0 Å². The maximum atomic E-state index is 3.83. The molecule has 0 bridgehead atoms. The van der Waals surface area contributed by atoms with E-state index in [9.17, 15) is 0 Å². The summed E-state index contributed by atoms with van der Waals surface area (Å²) < 4.78 is 1.97. The monoisotopic (exact) mass is 426 g/mol. The molecule has 2 rings (SSSR count). The van der Waals surface area contributed by atoms with Gasteiger partial charge >= 0.3 is 58.4 Å². The smallest absolute Gasteiger partial charge is 0 e. The molecule has 0 aromatic heterocycles. The fourth-order valence-corrected chi connectivity index (χ4v) is 1.83. The zero-order valence-electron chi connectivity index (χ0n) is 11.8. The van der Waals surface area contributed by atoms with Crippen molar-refractivity contribution in [2.75, 3.05) is 0 Å². The molecule has 0 spiro atoms. The van der Waals surface area contributed by atoms with Gasteiger partial charge < -0.3 is 37.1 Å². The Morgan fingerprint density at radius 3 is 2.25 bits per heavy atom. The minimum Gasteiger partial charge on any atom is 0 e. The number of benzene rings is 2. The Hall–Kier alpha value is 0.0373. The molecule has 0 aliphatic heterocycles. The van der Waals surface area contributed by atoms with Gasteiger partial charge in [-0.3, -0.25) is 11.6 Å². The summed E-state index contributed by atoms with van der Waals surface area (Å²) in [5, 5.41) is 0. The number of hydrogen-bond acceptors (Lipinski definition) is 0. The summed E-state index contributed by atoms with van der Waals surface area (Å²) in [5.74, 6) is 0. The molecule has 0 amide bonds. The molecule has 0 unspecified atom stereocenters. The van der Waals surface area contributed by atoms with E-state index in [0.717, 1.165) is 18.4 Å². The van der Waals surface area contributed by atoms with E-state index in [0.29, 0.717) is 0 Å². The molecule has 2 aromatic carbocycles. The molecular weight excluding hydrogens is 408 g/mol. The van der Waals surface area contributed by atoms with Gasteiger partial charge in [-0.25, -0.2) is 12.8 Å². The first-order valence-corrected chi connectivity index (χ1v) is 7.12. The Morgan fingerprint density at radius 1 is 1.15 bits per heavy atom. The topological polar surface area (TPSA) is 0 Å². The van der Waals surface area contributed by atoms with Gasteiger partial charge in [0, 0.05) is 32.7 Å². The molecule has 0 fully saturated rings. The minimum atomic E-state index is 0. The molecule has 0 saturated heterocycles. The molecule has 0 N–H and O–H groups in total. The Morgan fingerprint density at radius 2 is 1.80 bits per heavy atom. The van der Waals surface area contributed by atoms with Crippen molar-refractivity contribution in [1.29, 1.82) is 0 Å². The second-order valence-corrected chi connectivity index (χ2v) is 4.53. The van der Waals surface area contributed by atoms with Crippen LogP contribution in [0.4, 0.5) is 0 Å². The van der Waals surface area contributed by atoms with Crippen LogP contribution in [0.15, 0.2) is 36.4 Å². The average molecular weight is 426 g/mol. The zero-order valence-corrected chi connectivity index (χ0v) is 16.3. The van der Waals surface area contributed by atoms with Crippen molar-refractivity contribution in [3.63, 3.8) is 0 Å². The standard InChI is InChI=1S/C11H12.C7H6.Rh.Y/c1-4-10-7-6-9(3)11(5-2)8-10;1-7-5-3-2-4-6-7;;/h6H,1-2,4-5H2,3H3;1-6H;;/q-4;;;. The third-order valence-electron chi connectivity index (χ3n) is 2.65. The predicted molar refractivity (Wildman–Crippen MR) is 78.6 cm³/mol. The van der Waals surface area contributed by atoms with E-state index >= 15 is 0 Å². The van der Waals surface area contributed by atoms with Gasteiger partial charge in [0.05, 0.1) is 0 Å². The van der Waals surface area contributed by atoms with Gasteiger partial charge in [0.25, 0.3) is 0 Å². The number of rotatable bonds is 3. The molecular formula is C18H18RhY-4. The van der Waals surface area contributed by atoms with Crippen LogP contribution in [0.1, 0.15) is 22.3 Å². The first-order chi connectivity index (χ1) is 9.21. The van der Waals surface area contributed by atoms with Crippen molar-refractivity contribution in [2.24, 2.45) is 0 Å². The van der Waals surface area contributed by atoms with E-state index < -0.39 is 0 Å². The van der Waals surface area contributed by atoms with Gasteiger partial charge in [-0.2, -0.15) is 0 Å². The quantitative estimate of drug-likeness (QED) is 0.519. The Bertz CT molecular complexity index is 506. The minimum absolute atomic E-state index is 0. The van der Waals surface area contributed by atoms with Crippen molar-refractivity contribution >= 4 is 4.61 Å². The molecule has 0 nitrogen and oxygen atoms in total. The molecule has 106 valence electrons. The summed E-state index contributed by atoms with van der Waals surface area (Å²) in [4.78, 5) is 0. The largest absolute Gasteiger partial charge is 0 e. The van der Waals surface area contributed by atoms with E-state index in [1.807, 2.05) is 28.9 Å². The van der Waals surface area contributed by atoms with E-state index in [4.69, 9.17) is 0 Å². The second kappa shape index (κ2) is 11.7. The summed E-state index contributed by atoms with van der Waals surface area (Å²) >= 11 is 2.74. The fraction of sp³-hybridized carbons (Fsp3) is 0.167. The van der Waals surface area contributed by atoms with Crippen molar-refractivity contribution in [2.45, 2.75) is 19.8 Å². The summed E-state index contributed by atoms with van der Waals surface area (Å²) in [6.07, 6.45) is 1.56. The molecule has 0 atom stereocenters. The third-order valence-corrected chi connectivity index (χ3v) is 3.20. The molecule has 0 aliphatic carbocycles. The number of hydrogen-bond donors (Lipinski definition) is 0. The molecule has 0 saturated carbocycles. The molecule has 1 radical (unpaired) electrons. The Labute approximate surface area is 158 Å². The van der Waals surface area contributed by atoms with E-state index in [-0.39, 0.29) is 32.7 Å². The molecule has 2 aromatic rings. The second-order valence-electron chi connectivity index (χ2n) is 4.06. The fourth-order valence-electron chi connectivity index (χ4n) is 1.51. The van der Waals surface area contributed by atoms with Gasteiger partial charge in [0.1, 0.15) is 0 Å². The van der Waals surface area contributed by atoms with Gasteiger partial charge in [-0.05, 0) is 0 Å². The SMILES string of the molecule is [CH2-]Cc1[c-]cc(C)c(C[CH2-])[c-]1.[Rh]=[CH]c1ccccc1.[Y]. The third kappa shape index (κ3) is 7.16. The van der Waals surface area contributed by atoms with Crippen molar-refractivity contribution in [3.05, 3.63) is 84.6 Å². The van der Waals surface area contributed by atoms with Crippen LogP contribution >= 0.6 is 0 Å². The van der Waals surface area contributed by atoms with Crippen LogP contribution in [0.2, 0.25) is 0 Å². The van der Waals surface area contributed by atoms with Crippen LogP contribution in [0.25, 0.3) is 0 Å².